The summed E-state index contributed by atoms with van der Waals surface area (Å²) >= 11 is 0. The number of aryl methyl sites for hydroxylation is 1. The van der Waals surface area contributed by atoms with Gasteiger partial charge in [-0.15, -0.1) is 0 Å². The molecule has 0 spiro atoms. The maximum atomic E-state index is 5.21. The maximum Gasteiger partial charge on any atom is 0.217 e. The van der Waals surface area contributed by atoms with E-state index in [2.05, 4.69) is 23.2 Å². The molecule has 0 fully saturated rings. The van der Waals surface area contributed by atoms with Gasteiger partial charge in [0.25, 0.3) is 0 Å². The summed E-state index contributed by atoms with van der Waals surface area (Å²) in [6, 6.07) is 1.86. The second kappa shape index (κ2) is 4.70. The molecule has 0 N–H and O–H groups in total. The van der Waals surface area contributed by atoms with Crippen LogP contribution in [0.1, 0.15) is 26.0 Å². The Labute approximate surface area is 72.8 Å². The molecule has 0 unspecified atom stereocenters. The van der Waals surface area contributed by atoms with E-state index < -0.39 is 0 Å². The minimum absolute atomic E-state index is 0.621. The van der Waals surface area contributed by atoms with Crippen molar-refractivity contribution in [2.24, 2.45) is 0 Å². The molecule has 0 bridgehead atoms. The fourth-order valence-electron chi connectivity index (χ4n) is 0.952. The molecule has 0 saturated heterocycles. The van der Waals surface area contributed by atoms with E-state index in [0.29, 0.717) is 12.5 Å². The third-order valence-corrected chi connectivity index (χ3v) is 1.44. The van der Waals surface area contributed by atoms with E-state index >= 15 is 0 Å². The lowest BCUT2D eigenvalue weighted by atomic mass is 10.2. The van der Waals surface area contributed by atoms with Gasteiger partial charge in [-0.1, -0.05) is 13.3 Å². The molecule has 1 radical (unpaired) electrons. The number of rotatable bonds is 4. The zero-order valence-corrected chi connectivity index (χ0v) is 7.50. The first-order chi connectivity index (χ1) is 5.86. The van der Waals surface area contributed by atoms with Crippen LogP contribution in [-0.4, -0.2) is 16.6 Å². The van der Waals surface area contributed by atoms with Crippen LogP contribution in [0.2, 0.25) is 0 Å². The van der Waals surface area contributed by atoms with Crippen LogP contribution < -0.4 is 4.74 Å². The van der Waals surface area contributed by atoms with Gasteiger partial charge in [-0.2, -0.15) is 4.98 Å². The Morgan fingerprint density at radius 2 is 2.25 bits per heavy atom. The van der Waals surface area contributed by atoms with Crippen LogP contribution in [0.5, 0.6) is 5.88 Å². The summed E-state index contributed by atoms with van der Waals surface area (Å²) < 4.78 is 5.21. The third-order valence-electron chi connectivity index (χ3n) is 1.44. The first-order valence-corrected chi connectivity index (χ1v) is 4.23. The van der Waals surface area contributed by atoms with E-state index in [0.717, 1.165) is 18.5 Å². The predicted molar refractivity (Wildman–Crippen MR) is 46.0 cm³/mol. The van der Waals surface area contributed by atoms with Crippen LogP contribution in [0.25, 0.3) is 0 Å². The van der Waals surface area contributed by atoms with Crippen molar-refractivity contribution >= 4 is 0 Å². The molecule has 1 rings (SSSR count). The first kappa shape index (κ1) is 8.97. The molecule has 0 aliphatic carbocycles. The zero-order valence-electron chi connectivity index (χ0n) is 7.50. The highest BCUT2D eigenvalue weighted by molar-refractivity contribution is 5.12. The van der Waals surface area contributed by atoms with Gasteiger partial charge in [0.15, 0.2) is 0 Å². The van der Waals surface area contributed by atoms with Gasteiger partial charge in [-0.25, -0.2) is 4.98 Å². The molecule has 0 aliphatic heterocycles. The number of hydrogen-bond donors (Lipinski definition) is 0. The summed E-state index contributed by atoms with van der Waals surface area (Å²) in [5.74, 6) is 0.621. The quantitative estimate of drug-likeness (QED) is 0.680. The molecule has 65 valence electrons. The maximum absolute atomic E-state index is 5.21. The van der Waals surface area contributed by atoms with Gasteiger partial charge >= 0.3 is 0 Å². The second-order valence-electron chi connectivity index (χ2n) is 2.48. The highest BCUT2D eigenvalue weighted by atomic mass is 16.5. The average molecular weight is 165 g/mol. The fraction of sp³-hybridized carbons (Fsp3) is 0.556. The lowest BCUT2D eigenvalue weighted by Crippen LogP contribution is -1.97. The first-order valence-electron chi connectivity index (χ1n) is 4.23. The number of aromatic nitrogens is 2. The van der Waals surface area contributed by atoms with E-state index in [-0.39, 0.29) is 0 Å². The van der Waals surface area contributed by atoms with Crippen LogP contribution in [0.4, 0.5) is 0 Å². The van der Waals surface area contributed by atoms with Crippen molar-refractivity contribution in [3.8, 4) is 5.88 Å². The van der Waals surface area contributed by atoms with Crippen molar-refractivity contribution in [2.75, 3.05) is 6.61 Å². The minimum Gasteiger partial charge on any atom is -0.478 e. The SMILES string of the molecule is CCCc1cc(OCC)n[c]n1. The topological polar surface area (TPSA) is 35.0 Å². The lowest BCUT2D eigenvalue weighted by molar-refractivity contribution is 0.325. The largest absolute Gasteiger partial charge is 0.478 e. The molecule has 1 heterocycles. The van der Waals surface area contributed by atoms with Crippen molar-refractivity contribution in [2.45, 2.75) is 26.7 Å². The van der Waals surface area contributed by atoms with Crippen molar-refractivity contribution in [1.82, 2.24) is 9.97 Å². The average Bonchev–Trinajstić information content (AvgIpc) is 2.06. The molecule has 0 saturated carbocycles. The Bertz CT molecular complexity index is 216. The van der Waals surface area contributed by atoms with Crippen molar-refractivity contribution in [1.29, 1.82) is 0 Å². The van der Waals surface area contributed by atoms with Gasteiger partial charge in [0.2, 0.25) is 12.2 Å². The van der Waals surface area contributed by atoms with E-state index in [9.17, 15) is 0 Å². The van der Waals surface area contributed by atoms with Crippen molar-refractivity contribution in [3.63, 3.8) is 0 Å². The highest BCUT2D eigenvalue weighted by Gasteiger charge is 1.97. The molecular weight excluding hydrogens is 152 g/mol. The van der Waals surface area contributed by atoms with Crippen molar-refractivity contribution < 1.29 is 4.74 Å². The smallest absolute Gasteiger partial charge is 0.217 e. The van der Waals surface area contributed by atoms with Gasteiger partial charge in [0, 0.05) is 11.8 Å². The van der Waals surface area contributed by atoms with E-state index in [1.807, 2.05) is 13.0 Å². The molecule has 3 heteroatoms. The number of ether oxygens (including phenoxy) is 1. The summed E-state index contributed by atoms with van der Waals surface area (Å²) in [4.78, 5) is 7.85. The summed E-state index contributed by atoms with van der Waals surface area (Å²) in [5, 5.41) is 0. The van der Waals surface area contributed by atoms with Crippen LogP contribution in [0.3, 0.4) is 0 Å². The standard InChI is InChI=1S/C9H13N2O/c1-3-5-8-6-9(12-4-2)11-7-10-8/h6H,3-5H2,1-2H3. The van der Waals surface area contributed by atoms with E-state index in [4.69, 9.17) is 4.74 Å². The molecule has 1 aromatic heterocycles. The summed E-state index contributed by atoms with van der Waals surface area (Å²) in [6.07, 6.45) is 4.61. The summed E-state index contributed by atoms with van der Waals surface area (Å²) in [6.45, 7) is 4.68. The Morgan fingerprint density at radius 1 is 1.42 bits per heavy atom. The lowest BCUT2D eigenvalue weighted by Gasteiger charge is -2.01. The van der Waals surface area contributed by atoms with Gasteiger partial charge in [-0.05, 0) is 13.3 Å². The summed E-state index contributed by atoms with van der Waals surface area (Å²) in [7, 11) is 0. The van der Waals surface area contributed by atoms with Crippen LogP contribution >= 0.6 is 0 Å². The van der Waals surface area contributed by atoms with Crippen molar-refractivity contribution in [3.05, 3.63) is 18.1 Å². The molecule has 0 atom stereocenters. The van der Waals surface area contributed by atoms with Crippen LogP contribution in [0.15, 0.2) is 6.07 Å². The predicted octanol–water partition coefficient (Wildman–Crippen LogP) is 1.63. The zero-order chi connectivity index (χ0) is 8.81. The third kappa shape index (κ3) is 2.49. The number of nitrogens with zero attached hydrogens (tertiary/aromatic N) is 2. The molecule has 1 aromatic rings. The van der Waals surface area contributed by atoms with Gasteiger partial charge in [0.05, 0.1) is 6.61 Å². The number of hydrogen-bond acceptors (Lipinski definition) is 3. The Hall–Kier alpha value is -1.12. The molecule has 12 heavy (non-hydrogen) atoms. The molecule has 3 nitrogen and oxygen atoms in total. The van der Waals surface area contributed by atoms with Crippen LogP contribution in [-0.2, 0) is 6.42 Å². The molecule has 0 aromatic carbocycles. The van der Waals surface area contributed by atoms with Gasteiger partial charge in [-0.3, -0.25) is 0 Å². The van der Waals surface area contributed by atoms with Gasteiger partial charge < -0.3 is 4.74 Å². The minimum atomic E-state index is 0.621. The normalized spacial score (nSPS) is 9.83. The molecule has 0 amide bonds. The highest BCUT2D eigenvalue weighted by Crippen LogP contribution is 2.07. The molecular formula is C9H13N2O. The summed E-state index contributed by atoms with van der Waals surface area (Å²) in [5.41, 5.74) is 0.996. The Balaban J connectivity index is 2.67. The fourth-order valence-corrected chi connectivity index (χ4v) is 0.952. The Morgan fingerprint density at radius 3 is 2.92 bits per heavy atom. The Kier molecular flexibility index (Phi) is 3.51. The van der Waals surface area contributed by atoms with Gasteiger partial charge in [0.1, 0.15) is 0 Å². The molecule has 0 aliphatic rings. The van der Waals surface area contributed by atoms with Crippen LogP contribution in [0, 0.1) is 6.33 Å². The van der Waals surface area contributed by atoms with E-state index in [1.54, 1.807) is 0 Å². The monoisotopic (exact) mass is 165 g/mol. The van der Waals surface area contributed by atoms with E-state index in [1.165, 1.54) is 0 Å². The second-order valence-corrected chi connectivity index (χ2v) is 2.48.